The monoisotopic (exact) mass is 352 g/mol. The van der Waals surface area contributed by atoms with Crippen molar-refractivity contribution >= 4 is 27.3 Å². The number of halogens is 1. The van der Waals surface area contributed by atoms with E-state index in [1.807, 2.05) is 12.1 Å². The Labute approximate surface area is 140 Å². The number of hydrogen-bond acceptors (Lipinski definition) is 4. The number of rotatable bonds is 3. The summed E-state index contributed by atoms with van der Waals surface area (Å²) in [4.78, 5) is 2.33. The Kier molecular flexibility index (Phi) is 4.48. The van der Waals surface area contributed by atoms with Gasteiger partial charge in [0.1, 0.15) is 5.75 Å². The Morgan fingerprint density at radius 3 is 2.22 bits per heavy atom. The molecule has 23 heavy (non-hydrogen) atoms. The Morgan fingerprint density at radius 1 is 0.957 bits per heavy atom. The number of hydrogen-bond donors (Lipinski definition) is 1. The van der Waals surface area contributed by atoms with Crippen LogP contribution in [0.2, 0.25) is 5.02 Å². The first-order valence-corrected chi connectivity index (χ1v) is 9.08. The molecule has 5 nitrogen and oxygen atoms in total. The predicted molar refractivity (Wildman–Crippen MR) is 90.5 cm³/mol. The lowest BCUT2D eigenvalue weighted by atomic mass is 10.2. The molecule has 2 aromatic carbocycles. The number of anilines is 1. The van der Waals surface area contributed by atoms with Crippen LogP contribution in [0.3, 0.4) is 0 Å². The van der Waals surface area contributed by atoms with Crippen molar-refractivity contribution in [1.29, 1.82) is 0 Å². The summed E-state index contributed by atoms with van der Waals surface area (Å²) in [5.74, 6) is 0.218. The van der Waals surface area contributed by atoms with Gasteiger partial charge in [-0.25, -0.2) is 8.42 Å². The van der Waals surface area contributed by atoms with Crippen LogP contribution >= 0.6 is 11.6 Å². The van der Waals surface area contributed by atoms with E-state index in [1.165, 1.54) is 10.4 Å². The lowest BCUT2D eigenvalue weighted by Crippen LogP contribution is -2.48. The molecule has 0 atom stereocenters. The van der Waals surface area contributed by atoms with E-state index in [4.69, 9.17) is 11.6 Å². The van der Waals surface area contributed by atoms with Gasteiger partial charge in [-0.15, -0.1) is 0 Å². The van der Waals surface area contributed by atoms with Gasteiger partial charge in [0.2, 0.25) is 10.0 Å². The average molecular weight is 353 g/mol. The molecule has 0 bridgehead atoms. The SMILES string of the molecule is O=S(=O)(c1cccc(Cl)c1)N1CCN(c2ccc(O)cc2)CC1. The van der Waals surface area contributed by atoms with E-state index < -0.39 is 10.0 Å². The molecule has 2 aromatic rings. The third-order valence-electron chi connectivity index (χ3n) is 3.89. The fraction of sp³-hybridized carbons (Fsp3) is 0.250. The molecule has 0 unspecified atom stereocenters. The zero-order valence-corrected chi connectivity index (χ0v) is 14.0. The van der Waals surface area contributed by atoms with E-state index in [-0.39, 0.29) is 10.6 Å². The maximum Gasteiger partial charge on any atom is 0.243 e. The quantitative estimate of drug-likeness (QED) is 0.922. The van der Waals surface area contributed by atoms with Crippen LogP contribution in [0.4, 0.5) is 5.69 Å². The predicted octanol–water partition coefficient (Wildman–Crippen LogP) is 2.56. The molecular formula is C16H17ClN2O3S. The molecule has 0 radical (unpaired) electrons. The highest BCUT2D eigenvalue weighted by atomic mass is 35.5. The molecule has 3 rings (SSSR count). The molecule has 0 saturated carbocycles. The summed E-state index contributed by atoms with van der Waals surface area (Å²) < 4.78 is 26.8. The van der Waals surface area contributed by atoms with Crippen molar-refractivity contribution in [3.8, 4) is 5.75 Å². The van der Waals surface area contributed by atoms with Gasteiger partial charge in [0, 0.05) is 36.9 Å². The third kappa shape index (κ3) is 3.44. The fourth-order valence-corrected chi connectivity index (χ4v) is 4.35. The summed E-state index contributed by atoms with van der Waals surface area (Å²) in [7, 11) is -3.51. The van der Waals surface area contributed by atoms with E-state index in [0.29, 0.717) is 31.2 Å². The van der Waals surface area contributed by atoms with Crippen molar-refractivity contribution in [2.75, 3.05) is 31.1 Å². The highest BCUT2D eigenvalue weighted by Crippen LogP contribution is 2.24. The van der Waals surface area contributed by atoms with E-state index in [1.54, 1.807) is 30.3 Å². The second kappa shape index (κ2) is 6.39. The highest BCUT2D eigenvalue weighted by molar-refractivity contribution is 7.89. The van der Waals surface area contributed by atoms with Gasteiger partial charge in [0.25, 0.3) is 0 Å². The number of aromatic hydroxyl groups is 1. The second-order valence-corrected chi connectivity index (χ2v) is 7.74. The highest BCUT2D eigenvalue weighted by Gasteiger charge is 2.28. The zero-order valence-electron chi connectivity index (χ0n) is 12.4. The molecule has 1 aliphatic rings. The summed E-state index contributed by atoms with van der Waals surface area (Å²) in [6.07, 6.45) is 0. The maximum atomic E-state index is 12.6. The lowest BCUT2D eigenvalue weighted by molar-refractivity contribution is 0.385. The van der Waals surface area contributed by atoms with Gasteiger partial charge in [-0.05, 0) is 42.5 Å². The maximum absolute atomic E-state index is 12.6. The average Bonchev–Trinajstić information content (AvgIpc) is 2.56. The summed E-state index contributed by atoms with van der Waals surface area (Å²) in [6.45, 7) is 2.03. The normalized spacial score (nSPS) is 16.5. The van der Waals surface area contributed by atoms with Crippen LogP contribution in [-0.4, -0.2) is 44.0 Å². The molecule has 122 valence electrons. The standard InChI is InChI=1S/C16H17ClN2O3S/c17-13-2-1-3-16(12-13)23(21,22)19-10-8-18(9-11-19)14-4-6-15(20)7-5-14/h1-7,12,20H,8-11H2. The molecule has 0 aliphatic carbocycles. The van der Waals surface area contributed by atoms with Gasteiger partial charge >= 0.3 is 0 Å². The minimum Gasteiger partial charge on any atom is -0.508 e. The minimum atomic E-state index is -3.51. The molecule has 7 heteroatoms. The van der Waals surface area contributed by atoms with Crippen LogP contribution < -0.4 is 4.90 Å². The van der Waals surface area contributed by atoms with Crippen LogP contribution in [0.1, 0.15) is 0 Å². The third-order valence-corrected chi connectivity index (χ3v) is 6.02. The molecule has 1 heterocycles. The summed E-state index contributed by atoms with van der Waals surface area (Å²) in [5.41, 5.74) is 0.975. The van der Waals surface area contributed by atoms with Crippen LogP contribution in [0.25, 0.3) is 0 Å². The number of piperazine rings is 1. The topological polar surface area (TPSA) is 60.9 Å². The zero-order chi connectivity index (χ0) is 16.4. The fourth-order valence-electron chi connectivity index (χ4n) is 2.63. The molecule has 1 aliphatic heterocycles. The van der Waals surface area contributed by atoms with Gasteiger partial charge in [-0.1, -0.05) is 17.7 Å². The first-order chi connectivity index (χ1) is 11.0. The Bertz CT molecular complexity index is 785. The molecule has 0 aromatic heterocycles. The van der Waals surface area contributed by atoms with Gasteiger partial charge in [0.05, 0.1) is 4.90 Å². The summed E-state index contributed by atoms with van der Waals surface area (Å²) in [6, 6.07) is 13.3. The number of sulfonamides is 1. The molecule has 0 spiro atoms. The summed E-state index contributed by atoms with van der Waals surface area (Å²) in [5, 5.41) is 9.75. The number of benzene rings is 2. The van der Waals surface area contributed by atoms with Crippen molar-refractivity contribution in [3.63, 3.8) is 0 Å². The first-order valence-electron chi connectivity index (χ1n) is 7.26. The van der Waals surface area contributed by atoms with Crippen molar-refractivity contribution in [2.24, 2.45) is 0 Å². The number of phenolic OH excluding ortho intramolecular Hbond substituents is 1. The Balaban J connectivity index is 1.72. The van der Waals surface area contributed by atoms with E-state index in [0.717, 1.165) is 5.69 Å². The Morgan fingerprint density at radius 2 is 1.61 bits per heavy atom. The van der Waals surface area contributed by atoms with Gasteiger partial charge in [-0.3, -0.25) is 0 Å². The molecule has 1 fully saturated rings. The van der Waals surface area contributed by atoms with Crippen LogP contribution in [0.5, 0.6) is 5.75 Å². The van der Waals surface area contributed by atoms with Gasteiger partial charge < -0.3 is 10.0 Å². The van der Waals surface area contributed by atoms with Crippen LogP contribution in [0.15, 0.2) is 53.4 Å². The number of nitrogens with zero attached hydrogens (tertiary/aromatic N) is 2. The van der Waals surface area contributed by atoms with Crippen molar-refractivity contribution in [1.82, 2.24) is 4.31 Å². The Hall–Kier alpha value is -1.76. The summed E-state index contributed by atoms with van der Waals surface area (Å²) >= 11 is 5.89. The van der Waals surface area contributed by atoms with Crippen molar-refractivity contribution < 1.29 is 13.5 Å². The first kappa shape index (κ1) is 16.1. The smallest absolute Gasteiger partial charge is 0.243 e. The van der Waals surface area contributed by atoms with Crippen LogP contribution in [0, 0.1) is 0 Å². The van der Waals surface area contributed by atoms with E-state index in [2.05, 4.69) is 4.90 Å². The van der Waals surface area contributed by atoms with Crippen LogP contribution in [-0.2, 0) is 10.0 Å². The van der Waals surface area contributed by atoms with Crippen molar-refractivity contribution in [2.45, 2.75) is 4.90 Å². The van der Waals surface area contributed by atoms with Gasteiger partial charge in [-0.2, -0.15) is 4.31 Å². The largest absolute Gasteiger partial charge is 0.508 e. The lowest BCUT2D eigenvalue weighted by Gasteiger charge is -2.35. The molecular weight excluding hydrogens is 336 g/mol. The number of phenols is 1. The van der Waals surface area contributed by atoms with E-state index >= 15 is 0 Å². The van der Waals surface area contributed by atoms with E-state index in [9.17, 15) is 13.5 Å². The van der Waals surface area contributed by atoms with Crippen molar-refractivity contribution in [3.05, 3.63) is 53.6 Å². The minimum absolute atomic E-state index is 0.218. The molecule has 1 N–H and O–H groups in total. The molecule has 0 amide bonds. The second-order valence-electron chi connectivity index (χ2n) is 5.36. The van der Waals surface area contributed by atoms with Gasteiger partial charge in [0.15, 0.2) is 0 Å². The molecule has 1 saturated heterocycles.